The normalized spacial score (nSPS) is 11.3. The minimum Gasteiger partial charge on any atom is -0.464 e. The largest absolute Gasteiger partial charge is 0.464 e. The summed E-state index contributed by atoms with van der Waals surface area (Å²) in [6, 6.07) is 0.104. The van der Waals surface area contributed by atoms with Gasteiger partial charge in [-0.05, 0) is 6.92 Å². The number of aromatic nitrogens is 3. The van der Waals surface area contributed by atoms with Crippen molar-refractivity contribution in [3.63, 3.8) is 0 Å². The van der Waals surface area contributed by atoms with Gasteiger partial charge in [0, 0.05) is 13.1 Å². The van der Waals surface area contributed by atoms with Crippen LogP contribution in [-0.2, 0) is 10.0 Å². The van der Waals surface area contributed by atoms with Crippen LogP contribution in [0.25, 0.3) is 0 Å². The summed E-state index contributed by atoms with van der Waals surface area (Å²) in [7, 11) is -3.28. The van der Waals surface area contributed by atoms with E-state index in [1.54, 1.807) is 13.8 Å². The molecule has 0 saturated carbocycles. The summed E-state index contributed by atoms with van der Waals surface area (Å²) in [6.07, 6.45) is 0. The van der Waals surface area contributed by atoms with Gasteiger partial charge >= 0.3 is 6.01 Å². The van der Waals surface area contributed by atoms with Gasteiger partial charge in [-0.3, -0.25) is 0 Å². The number of nitrogen functional groups attached to an aromatic ring is 1. The molecule has 0 saturated heterocycles. The van der Waals surface area contributed by atoms with E-state index >= 15 is 0 Å². The number of nitrogens with two attached hydrogens (primary N) is 1. The molecule has 0 spiro atoms. The van der Waals surface area contributed by atoms with Crippen LogP contribution in [0.1, 0.15) is 13.8 Å². The second-order valence-corrected chi connectivity index (χ2v) is 5.40. The van der Waals surface area contributed by atoms with Crippen LogP contribution in [0.5, 0.6) is 6.01 Å². The summed E-state index contributed by atoms with van der Waals surface area (Å²) in [4.78, 5) is 11.5. The van der Waals surface area contributed by atoms with Crippen molar-refractivity contribution in [2.24, 2.45) is 0 Å². The van der Waals surface area contributed by atoms with Gasteiger partial charge in [-0.2, -0.15) is 15.0 Å². The van der Waals surface area contributed by atoms with Gasteiger partial charge in [0.15, 0.2) is 0 Å². The van der Waals surface area contributed by atoms with Gasteiger partial charge in [-0.15, -0.1) is 0 Å². The number of rotatable bonds is 8. The van der Waals surface area contributed by atoms with Crippen molar-refractivity contribution < 1.29 is 13.2 Å². The maximum atomic E-state index is 11.4. The molecule has 0 aliphatic carbocycles. The Morgan fingerprint density at radius 1 is 1.26 bits per heavy atom. The minimum absolute atomic E-state index is 0.00971. The van der Waals surface area contributed by atoms with Crippen LogP contribution in [0.4, 0.5) is 11.9 Å². The highest BCUT2D eigenvalue weighted by Crippen LogP contribution is 2.08. The zero-order valence-electron chi connectivity index (χ0n) is 10.9. The van der Waals surface area contributed by atoms with E-state index in [0.29, 0.717) is 13.2 Å². The Kier molecular flexibility index (Phi) is 5.70. The van der Waals surface area contributed by atoms with Gasteiger partial charge in [-0.25, -0.2) is 13.1 Å². The predicted molar refractivity (Wildman–Crippen MR) is 71.4 cm³/mol. The average molecular weight is 290 g/mol. The van der Waals surface area contributed by atoms with E-state index in [1.807, 2.05) is 0 Å². The van der Waals surface area contributed by atoms with Crippen molar-refractivity contribution in [2.45, 2.75) is 13.8 Å². The molecule has 0 atom stereocenters. The number of nitrogens with one attached hydrogen (secondary N) is 2. The lowest BCUT2D eigenvalue weighted by Gasteiger charge is -2.08. The molecule has 108 valence electrons. The quantitative estimate of drug-likeness (QED) is 0.567. The highest BCUT2D eigenvalue weighted by Gasteiger charge is 2.09. The first-order valence-electron chi connectivity index (χ1n) is 5.82. The molecule has 0 unspecified atom stereocenters. The zero-order chi connectivity index (χ0) is 14.3. The van der Waals surface area contributed by atoms with Gasteiger partial charge in [0.05, 0.1) is 12.4 Å². The number of hydrogen-bond acceptors (Lipinski definition) is 8. The summed E-state index contributed by atoms with van der Waals surface area (Å²) < 4.78 is 30.3. The Labute approximate surface area is 112 Å². The lowest BCUT2D eigenvalue weighted by molar-refractivity contribution is 0.312. The highest BCUT2D eigenvalue weighted by atomic mass is 32.2. The number of hydrogen-bond donors (Lipinski definition) is 3. The Morgan fingerprint density at radius 3 is 2.63 bits per heavy atom. The first-order chi connectivity index (χ1) is 8.96. The molecule has 10 heteroatoms. The average Bonchev–Trinajstić information content (AvgIpc) is 2.28. The molecule has 0 aromatic carbocycles. The van der Waals surface area contributed by atoms with Crippen molar-refractivity contribution in [1.29, 1.82) is 0 Å². The monoisotopic (exact) mass is 290 g/mol. The van der Waals surface area contributed by atoms with Crippen LogP contribution in [-0.4, -0.2) is 48.8 Å². The highest BCUT2D eigenvalue weighted by molar-refractivity contribution is 7.89. The van der Waals surface area contributed by atoms with E-state index in [9.17, 15) is 8.42 Å². The van der Waals surface area contributed by atoms with E-state index < -0.39 is 10.0 Å². The molecule has 0 aliphatic rings. The molecular formula is C9H18N6O3S. The van der Waals surface area contributed by atoms with E-state index in [1.165, 1.54) is 0 Å². The second-order valence-electron chi connectivity index (χ2n) is 3.48. The minimum atomic E-state index is -3.28. The van der Waals surface area contributed by atoms with Crippen molar-refractivity contribution in [3.05, 3.63) is 0 Å². The molecule has 1 aromatic heterocycles. The molecule has 1 rings (SSSR count). The van der Waals surface area contributed by atoms with E-state index in [-0.39, 0.29) is 30.2 Å². The Morgan fingerprint density at radius 2 is 2.00 bits per heavy atom. The summed E-state index contributed by atoms with van der Waals surface area (Å²) in [5.41, 5.74) is 5.48. The Balaban J connectivity index is 2.58. The van der Waals surface area contributed by atoms with Crippen LogP contribution in [0.3, 0.4) is 0 Å². The van der Waals surface area contributed by atoms with E-state index in [2.05, 4.69) is 25.0 Å². The number of sulfonamides is 1. The van der Waals surface area contributed by atoms with Gasteiger partial charge in [-0.1, -0.05) is 6.92 Å². The van der Waals surface area contributed by atoms with Gasteiger partial charge < -0.3 is 15.8 Å². The maximum absolute atomic E-state index is 11.4. The van der Waals surface area contributed by atoms with E-state index in [4.69, 9.17) is 10.5 Å². The lowest BCUT2D eigenvalue weighted by Crippen LogP contribution is -2.29. The van der Waals surface area contributed by atoms with E-state index in [0.717, 1.165) is 0 Å². The summed E-state index contributed by atoms with van der Waals surface area (Å²) >= 11 is 0. The molecule has 0 bridgehead atoms. The molecule has 1 heterocycles. The van der Waals surface area contributed by atoms with Gasteiger partial charge in [0.1, 0.15) is 0 Å². The number of anilines is 2. The van der Waals surface area contributed by atoms with Crippen LogP contribution < -0.4 is 20.5 Å². The second kappa shape index (κ2) is 7.04. The third-order valence-electron chi connectivity index (χ3n) is 1.92. The fourth-order valence-electron chi connectivity index (χ4n) is 1.23. The summed E-state index contributed by atoms with van der Waals surface area (Å²) in [5.74, 6) is 0.106. The van der Waals surface area contributed by atoms with Crippen LogP contribution in [0.15, 0.2) is 0 Å². The molecule has 19 heavy (non-hydrogen) atoms. The first-order valence-corrected chi connectivity index (χ1v) is 7.47. The predicted octanol–water partition coefficient (Wildman–Crippen LogP) is -0.796. The molecular weight excluding hydrogens is 272 g/mol. The number of ether oxygens (including phenoxy) is 1. The summed E-state index contributed by atoms with van der Waals surface area (Å²) in [5, 5.41) is 2.76. The third kappa shape index (κ3) is 5.66. The van der Waals surface area contributed by atoms with Gasteiger partial charge in [0.25, 0.3) is 0 Å². The standard InChI is InChI=1S/C9H18N6O3S/c1-3-12-19(16,17)6-5-11-8-13-7(10)14-9(15-8)18-4-2/h12H,3-6H2,1-2H3,(H3,10,11,13,14,15). The van der Waals surface area contributed by atoms with Crippen molar-refractivity contribution in [2.75, 3.05) is 36.5 Å². The Hall–Kier alpha value is -1.68. The first kappa shape index (κ1) is 15.4. The smallest absolute Gasteiger partial charge is 0.323 e. The van der Waals surface area contributed by atoms with Crippen LogP contribution in [0, 0.1) is 0 Å². The van der Waals surface area contributed by atoms with Crippen molar-refractivity contribution in [1.82, 2.24) is 19.7 Å². The summed E-state index contributed by atoms with van der Waals surface area (Å²) in [6.45, 7) is 4.42. The van der Waals surface area contributed by atoms with Crippen LogP contribution in [0.2, 0.25) is 0 Å². The molecule has 4 N–H and O–H groups in total. The lowest BCUT2D eigenvalue weighted by atomic mass is 10.7. The number of nitrogens with zero attached hydrogens (tertiary/aromatic N) is 3. The van der Waals surface area contributed by atoms with Crippen molar-refractivity contribution >= 4 is 21.9 Å². The van der Waals surface area contributed by atoms with Crippen molar-refractivity contribution in [3.8, 4) is 6.01 Å². The third-order valence-corrected chi connectivity index (χ3v) is 3.39. The fraction of sp³-hybridized carbons (Fsp3) is 0.667. The molecule has 0 aliphatic heterocycles. The molecule has 9 nitrogen and oxygen atoms in total. The topological polar surface area (TPSA) is 132 Å². The molecule has 0 fully saturated rings. The van der Waals surface area contributed by atoms with Crippen LogP contribution >= 0.6 is 0 Å². The Bertz CT molecular complexity index is 507. The van der Waals surface area contributed by atoms with Gasteiger partial charge in [0.2, 0.25) is 21.9 Å². The maximum Gasteiger partial charge on any atom is 0.323 e. The zero-order valence-corrected chi connectivity index (χ0v) is 11.7. The molecule has 0 radical (unpaired) electrons. The molecule has 1 aromatic rings. The molecule has 0 amide bonds. The SMILES string of the molecule is CCNS(=O)(=O)CCNc1nc(N)nc(OCC)n1. The fourth-order valence-corrected chi connectivity index (χ4v) is 2.19.